The number of nitrogens with two attached hydrogens (primary N) is 1. The Morgan fingerprint density at radius 1 is 1.39 bits per heavy atom. The smallest absolute Gasteiger partial charge is 0.272 e. The third-order valence-corrected chi connectivity index (χ3v) is 2.93. The molecular weight excluding hydrogens is 246 g/mol. The van der Waals surface area contributed by atoms with E-state index in [1.54, 1.807) is 0 Å². The van der Waals surface area contributed by atoms with Crippen molar-refractivity contribution < 1.29 is 30.0 Å². The van der Waals surface area contributed by atoms with Crippen LogP contribution in [0, 0.1) is 0 Å². The largest absolute Gasteiger partial charge is 0.507 e. The molecule has 18 heavy (non-hydrogen) atoms. The molecule has 0 bridgehead atoms. The van der Waals surface area contributed by atoms with Gasteiger partial charge in [-0.05, 0) is 0 Å². The van der Waals surface area contributed by atoms with Crippen LogP contribution in [0.25, 0.3) is 0 Å². The molecule has 1 fully saturated rings. The van der Waals surface area contributed by atoms with E-state index in [1.165, 1.54) is 0 Å². The molecule has 0 saturated carbocycles. The van der Waals surface area contributed by atoms with Crippen LogP contribution in [0.15, 0.2) is 21.7 Å². The van der Waals surface area contributed by atoms with Crippen LogP contribution < -0.4 is 5.73 Å². The van der Waals surface area contributed by atoms with E-state index in [2.05, 4.69) is 10.2 Å². The number of ether oxygens (including phenoxy) is 1. The maximum absolute atomic E-state index is 10.9. The van der Waals surface area contributed by atoms with E-state index < -0.39 is 54.4 Å². The van der Waals surface area contributed by atoms with Crippen LogP contribution in [0.4, 0.5) is 0 Å². The Bertz CT molecular complexity index is 423. The van der Waals surface area contributed by atoms with Gasteiger partial charge in [0.1, 0.15) is 24.4 Å². The third kappa shape index (κ3) is 1.86. The second kappa shape index (κ2) is 4.61. The molecule has 9 nitrogen and oxygen atoms in total. The van der Waals surface area contributed by atoms with Gasteiger partial charge in [0.15, 0.2) is 17.5 Å². The zero-order valence-corrected chi connectivity index (χ0v) is 9.17. The summed E-state index contributed by atoms with van der Waals surface area (Å²) in [6.07, 6.45) is -4.75. The summed E-state index contributed by atoms with van der Waals surface area (Å²) in [4.78, 5) is 10.9. The van der Waals surface area contributed by atoms with Crippen molar-refractivity contribution in [3.05, 3.63) is 11.5 Å². The van der Waals surface area contributed by atoms with Gasteiger partial charge in [-0.2, -0.15) is 5.11 Å². The molecule has 1 amide bonds. The zero-order valence-electron chi connectivity index (χ0n) is 9.17. The maximum Gasteiger partial charge on any atom is 0.272 e. The van der Waals surface area contributed by atoms with Crippen LogP contribution >= 0.6 is 0 Å². The molecule has 2 aliphatic rings. The Morgan fingerprint density at radius 2 is 2.06 bits per heavy atom. The summed E-state index contributed by atoms with van der Waals surface area (Å²) < 4.78 is 5.17. The first-order chi connectivity index (χ1) is 8.47. The van der Waals surface area contributed by atoms with Crippen LogP contribution in [-0.4, -0.2) is 63.4 Å². The number of carbonyl (C=O) groups excluding carboxylic acids is 1. The molecule has 0 aliphatic carbocycles. The number of aliphatic hydroxyl groups is 4. The van der Waals surface area contributed by atoms with Gasteiger partial charge >= 0.3 is 0 Å². The van der Waals surface area contributed by atoms with Gasteiger partial charge in [-0.15, -0.1) is 5.11 Å². The average molecular weight is 259 g/mol. The zero-order chi connectivity index (χ0) is 13.4. The van der Waals surface area contributed by atoms with Crippen molar-refractivity contribution in [1.82, 2.24) is 0 Å². The standard InChI is InChI=1S/C9H13N3O6/c10-9(17)4-6(15)3(11-12-4)8-7(16)5(14)2(1-13)18-8/h2-3,5,7-8,13-16H,1H2,(H2,10,17)/t2-,3?,5-,7-,8+/m1/s1. The lowest BCUT2D eigenvalue weighted by Crippen LogP contribution is -2.38. The molecule has 2 aliphatic heterocycles. The summed E-state index contributed by atoms with van der Waals surface area (Å²) in [7, 11) is 0. The number of rotatable bonds is 3. The molecule has 2 rings (SSSR count). The molecule has 9 heteroatoms. The number of azo groups is 1. The van der Waals surface area contributed by atoms with Crippen LogP contribution in [0.3, 0.4) is 0 Å². The minimum absolute atomic E-state index is 0.405. The van der Waals surface area contributed by atoms with E-state index in [0.29, 0.717) is 0 Å². The molecule has 1 saturated heterocycles. The van der Waals surface area contributed by atoms with Crippen molar-refractivity contribution in [3.63, 3.8) is 0 Å². The first-order valence-electron chi connectivity index (χ1n) is 5.23. The monoisotopic (exact) mass is 259 g/mol. The van der Waals surface area contributed by atoms with Gasteiger partial charge in [0.25, 0.3) is 5.91 Å². The fraction of sp³-hybridized carbons (Fsp3) is 0.667. The van der Waals surface area contributed by atoms with Crippen LogP contribution in [0.1, 0.15) is 0 Å². The summed E-state index contributed by atoms with van der Waals surface area (Å²) in [5, 5.41) is 44.9. The minimum Gasteiger partial charge on any atom is -0.507 e. The lowest BCUT2D eigenvalue weighted by atomic mass is 10.0. The number of primary amides is 1. The van der Waals surface area contributed by atoms with E-state index in [9.17, 15) is 20.1 Å². The number of hydrogen-bond donors (Lipinski definition) is 5. The van der Waals surface area contributed by atoms with E-state index in [0.717, 1.165) is 0 Å². The number of aliphatic hydroxyl groups excluding tert-OH is 4. The maximum atomic E-state index is 10.9. The van der Waals surface area contributed by atoms with Gasteiger partial charge < -0.3 is 30.9 Å². The summed E-state index contributed by atoms with van der Waals surface area (Å²) in [5.74, 6) is -1.47. The van der Waals surface area contributed by atoms with Crippen molar-refractivity contribution >= 4 is 5.91 Å². The number of hydrogen-bond acceptors (Lipinski definition) is 8. The summed E-state index contributed by atoms with van der Waals surface area (Å²) in [6.45, 7) is -0.494. The highest BCUT2D eigenvalue weighted by atomic mass is 16.6. The highest BCUT2D eigenvalue weighted by Gasteiger charge is 2.49. The van der Waals surface area contributed by atoms with E-state index >= 15 is 0 Å². The molecule has 0 aromatic heterocycles. The second-order valence-electron chi connectivity index (χ2n) is 4.06. The molecular formula is C9H13N3O6. The number of amides is 1. The van der Waals surface area contributed by atoms with Crippen molar-refractivity contribution in [3.8, 4) is 0 Å². The lowest BCUT2D eigenvalue weighted by molar-refractivity contribution is -0.114. The van der Waals surface area contributed by atoms with Crippen LogP contribution in [-0.2, 0) is 9.53 Å². The van der Waals surface area contributed by atoms with Gasteiger partial charge in [-0.1, -0.05) is 0 Å². The number of nitrogens with zero attached hydrogens (tertiary/aromatic N) is 2. The molecule has 0 spiro atoms. The Kier molecular flexibility index (Phi) is 3.30. The molecule has 5 atom stereocenters. The summed E-state index contributed by atoms with van der Waals surface area (Å²) >= 11 is 0. The predicted molar refractivity (Wildman–Crippen MR) is 55.3 cm³/mol. The quantitative estimate of drug-likeness (QED) is 0.378. The topological polar surface area (TPSA) is 158 Å². The molecule has 0 aromatic rings. The fourth-order valence-corrected chi connectivity index (χ4v) is 1.95. The molecule has 0 radical (unpaired) electrons. The van der Waals surface area contributed by atoms with Gasteiger partial charge in [0, 0.05) is 0 Å². The first kappa shape index (κ1) is 12.9. The Morgan fingerprint density at radius 3 is 2.50 bits per heavy atom. The second-order valence-corrected chi connectivity index (χ2v) is 4.06. The van der Waals surface area contributed by atoms with Gasteiger partial charge in [-0.3, -0.25) is 4.79 Å². The van der Waals surface area contributed by atoms with Crippen LogP contribution in [0.5, 0.6) is 0 Å². The average Bonchev–Trinajstić information content (AvgIpc) is 2.82. The van der Waals surface area contributed by atoms with Gasteiger partial charge in [0.2, 0.25) is 0 Å². The molecule has 6 N–H and O–H groups in total. The van der Waals surface area contributed by atoms with E-state index in [4.69, 9.17) is 15.6 Å². The molecule has 0 aromatic carbocycles. The van der Waals surface area contributed by atoms with Crippen LogP contribution in [0.2, 0.25) is 0 Å². The summed E-state index contributed by atoms with van der Waals surface area (Å²) in [5.41, 5.74) is 4.56. The SMILES string of the molecule is NC(=O)C1=C(O)C([C@@H]2O[C@H](CO)[C@@H](O)[C@H]2O)N=N1. The van der Waals surface area contributed by atoms with E-state index in [-0.39, 0.29) is 0 Å². The molecule has 100 valence electrons. The van der Waals surface area contributed by atoms with Crippen molar-refractivity contribution in [2.45, 2.75) is 30.5 Å². The highest BCUT2D eigenvalue weighted by molar-refractivity contribution is 5.92. The fourth-order valence-electron chi connectivity index (χ4n) is 1.95. The Balaban J connectivity index is 2.20. The number of carbonyl (C=O) groups is 1. The van der Waals surface area contributed by atoms with Crippen molar-refractivity contribution in [1.29, 1.82) is 0 Å². The molecule has 1 unspecified atom stereocenters. The van der Waals surface area contributed by atoms with Crippen molar-refractivity contribution in [2.75, 3.05) is 6.61 Å². The predicted octanol–water partition coefficient (Wildman–Crippen LogP) is -2.44. The summed E-state index contributed by atoms with van der Waals surface area (Å²) in [6, 6.07) is -1.12. The Labute approximate surface area is 101 Å². The normalized spacial score (nSPS) is 39.6. The minimum atomic E-state index is -1.36. The van der Waals surface area contributed by atoms with Gasteiger partial charge in [0.05, 0.1) is 6.61 Å². The van der Waals surface area contributed by atoms with Crippen molar-refractivity contribution in [2.24, 2.45) is 16.0 Å². The van der Waals surface area contributed by atoms with E-state index in [1.807, 2.05) is 0 Å². The Hall–Kier alpha value is -1.55. The molecule has 2 heterocycles. The first-order valence-corrected chi connectivity index (χ1v) is 5.23. The third-order valence-electron chi connectivity index (χ3n) is 2.93. The van der Waals surface area contributed by atoms with Gasteiger partial charge in [-0.25, -0.2) is 0 Å². The lowest BCUT2D eigenvalue weighted by Gasteiger charge is -2.18. The highest BCUT2D eigenvalue weighted by Crippen LogP contribution is 2.31.